The number of aliphatic hydroxyl groups is 1. The van der Waals surface area contributed by atoms with Crippen molar-refractivity contribution in [1.82, 2.24) is 5.32 Å². The summed E-state index contributed by atoms with van der Waals surface area (Å²) in [6.45, 7) is 6.38. The van der Waals surface area contributed by atoms with Gasteiger partial charge in [-0.2, -0.15) is 0 Å². The largest absolute Gasteiger partial charge is 0.386 e. The van der Waals surface area contributed by atoms with Crippen LogP contribution in [0.4, 0.5) is 0 Å². The van der Waals surface area contributed by atoms with E-state index in [9.17, 15) is 5.11 Å². The number of rotatable bonds is 7. The van der Waals surface area contributed by atoms with Gasteiger partial charge in [0, 0.05) is 18.0 Å². The Kier molecular flexibility index (Phi) is 5.43. The molecular weight excluding hydrogens is 254 g/mol. The van der Waals surface area contributed by atoms with Crippen molar-refractivity contribution in [1.29, 1.82) is 0 Å². The molecule has 1 aliphatic rings. The molecule has 1 aromatic rings. The molecule has 0 bridgehead atoms. The van der Waals surface area contributed by atoms with Crippen LogP contribution in [0.1, 0.15) is 56.9 Å². The Labute approximate surface area is 121 Å². The number of thiophene rings is 1. The second-order valence-electron chi connectivity index (χ2n) is 6.47. The van der Waals surface area contributed by atoms with Crippen molar-refractivity contribution in [3.8, 4) is 0 Å². The molecule has 0 aliphatic heterocycles. The molecule has 1 atom stereocenters. The summed E-state index contributed by atoms with van der Waals surface area (Å²) >= 11 is 1.63. The zero-order valence-corrected chi connectivity index (χ0v) is 13.0. The third-order valence-corrected chi connectivity index (χ3v) is 5.19. The van der Waals surface area contributed by atoms with E-state index in [0.717, 1.165) is 17.3 Å². The molecule has 0 aromatic carbocycles. The summed E-state index contributed by atoms with van der Waals surface area (Å²) in [5.74, 6) is 0.766. The molecule has 108 valence electrons. The fraction of sp³-hybridized carbons (Fsp3) is 0.750. The molecule has 1 saturated carbocycles. The molecular formula is C16H27NOS. The summed E-state index contributed by atoms with van der Waals surface area (Å²) in [7, 11) is 0. The van der Waals surface area contributed by atoms with Crippen molar-refractivity contribution < 1.29 is 5.11 Å². The quantitative estimate of drug-likeness (QED) is 0.792. The average Bonchev–Trinajstić information content (AvgIpc) is 2.99. The van der Waals surface area contributed by atoms with Gasteiger partial charge >= 0.3 is 0 Å². The van der Waals surface area contributed by atoms with E-state index in [2.05, 4.69) is 19.2 Å². The molecule has 2 rings (SSSR count). The molecule has 0 spiro atoms. The fourth-order valence-electron chi connectivity index (χ4n) is 3.50. The van der Waals surface area contributed by atoms with Crippen molar-refractivity contribution in [3.05, 3.63) is 22.4 Å². The monoisotopic (exact) mass is 281 g/mol. The molecule has 2 nitrogen and oxygen atoms in total. The summed E-state index contributed by atoms with van der Waals surface area (Å²) in [6.07, 6.45) is 6.43. The first-order valence-electron chi connectivity index (χ1n) is 7.53. The molecule has 3 heteroatoms. The summed E-state index contributed by atoms with van der Waals surface area (Å²) in [5.41, 5.74) is 0.489. The minimum Gasteiger partial charge on any atom is -0.386 e. The van der Waals surface area contributed by atoms with Crippen molar-refractivity contribution in [2.45, 2.75) is 52.1 Å². The second-order valence-corrected chi connectivity index (χ2v) is 7.45. The van der Waals surface area contributed by atoms with E-state index in [1.807, 2.05) is 17.5 Å². The van der Waals surface area contributed by atoms with Gasteiger partial charge < -0.3 is 10.4 Å². The summed E-state index contributed by atoms with van der Waals surface area (Å²) in [6, 6.07) is 4.01. The first-order chi connectivity index (χ1) is 9.11. The smallest absolute Gasteiger partial charge is 0.101 e. The van der Waals surface area contributed by atoms with Crippen LogP contribution in [-0.4, -0.2) is 18.2 Å². The van der Waals surface area contributed by atoms with Gasteiger partial charge in [-0.3, -0.25) is 0 Å². The third kappa shape index (κ3) is 4.30. The minimum absolute atomic E-state index is 0.350. The van der Waals surface area contributed by atoms with Crippen LogP contribution >= 0.6 is 11.3 Å². The predicted octanol–water partition coefficient (Wildman–Crippen LogP) is 3.98. The zero-order chi connectivity index (χ0) is 13.7. The number of hydrogen-bond acceptors (Lipinski definition) is 3. The van der Waals surface area contributed by atoms with Crippen LogP contribution in [0, 0.1) is 11.3 Å². The zero-order valence-electron chi connectivity index (χ0n) is 12.2. The topological polar surface area (TPSA) is 32.3 Å². The first kappa shape index (κ1) is 15.0. The Morgan fingerprint density at radius 1 is 1.37 bits per heavy atom. The van der Waals surface area contributed by atoms with E-state index in [1.54, 1.807) is 11.3 Å². The summed E-state index contributed by atoms with van der Waals surface area (Å²) in [5, 5.41) is 15.6. The van der Waals surface area contributed by atoms with Crippen LogP contribution < -0.4 is 5.32 Å². The van der Waals surface area contributed by atoms with Crippen LogP contribution in [0.2, 0.25) is 0 Å². The Hall–Kier alpha value is -0.380. The molecule has 1 aromatic heterocycles. The maximum absolute atomic E-state index is 10.1. The normalized spacial score (nSPS) is 20.0. The number of aliphatic hydroxyl groups excluding tert-OH is 1. The van der Waals surface area contributed by atoms with Gasteiger partial charge in [-0.25, -0.2) is 0 Å². The highest BCUT2D eigenvalue weighted by Crippen LogP contribution is 2.42. The first-order valence-corrected chi connectivity index (χ1v) is 8.41. The lowest BCUT2D eigenvalue weighted by molar-refractivity contribution is 0.161. The van der Waals surface area contributed by atoms with Gasteiger partial charge in [0.05, 0.1) is 0 Å². The fourth-order valence-corrected chi connectivity index (χ4v) is 4.21. The molecule has 2 N–H and O–H groups in total. The van der Waals surface area contributed by atoms with Crippen LogP contribution in [-0.2, 0) is 0 Å². The van der Waals surface area contributed by atoms with Crippen molar-refractivity contribution in [2.75, 3.05) is 13.1 Å². The third-order valence-electron chi connectivity index (χ3n) is 4.21. The highest BCUT2D eigenvalue weighted by atomic mass is 32.1. The van der Waals surface area contributed by atoms with Crippen LogP contribution in [0.15, 0.2) is 17.5 Å². The van der Waals surface area contributed by atoms with Crippen LogP contribution in [0.3, 0.4) is 0 Å². The predicted molar refractivity (Wildman–Crippen MR) is 82.5 cm³/mol. The lowest BCUT2D eigenvalue weighted by Crippen LogP contribution is -2.35. The van der Waals surface area contributed by atoms with Crippen molar-refractivity contribution in [2.24, 2.45) is 11.3 Å². The van der Waals surface area contributed by atoms with Gasteiger partial charge in [-0.05, 0) is 42.0 Å². The Morgan fingerprint density at radius 3 is 2.68 bits per heavy atom. The maximum atomic E-state index is 10.1. The molecule has 1 fully saturated rings. The van der Waals surface area contributed by atoms with E-state index in [1.165, 1.54) is 32.1 Å². The SMILES string of the molecule is CC(C)CC1(CNCC(O)c2cccs2)CCCC1. The van der Waals surface area contributed by atoms with E-state index in [0.29, 0.717) is 12.0 Å². The Bertz CT molecular complexity index is 355. The molecule has 0 radical (unpaired) electrons. The average molecular weight is 281 g/mol. The van der Waals surface area contributed by atoms with Gasteiger partial charge in [-0.1, -0.05) is 32.8 Å². The van der Waals surface area contributed by atoms with Gasteiger partial charge in [0.25, 0.3) is 0 Å². The maximum Gasteiger partial charge on any atom is 0.101 e. The summed E-state index contributed by atoms with van der Waals surface area (Å²) < 4.78 is 0. The van der Waals surface area contributed by atoms with E-state index < -0.39 is 0 Å². The van der Waals surface area contributed by atoms with Crippen LogP contribution in [0.5, 0.6) is 0 Å². The van der Waals surface area contributed by atoms with Gasteiger partial charge in [-0.15, -0.1) is 11.3 Å². The molecule has 0 amide bonds. The van der Waals surface area contributed by atoms with Crippen molar-refractivity contribution in [3.63, 3.8) is 0 Å². The van der Waals surface area contributed by atoms with Crippen molar-refractivity contribution >= 4 is 11.3 Å². The molecule has 19 heavy (non-hydrogen) atoms. The molecule has 1 heterocycles. The van der Waals surface area contributed by atoms with E-state index >= 15 is 0 Å². The molecule has 1 aliphatic carbocycles. The van der Waals surface area contributed by atoms with Crippen LogP contribution in [0.25, 0.3) is 0 Å². The number of hydrogen-bond donors (Lipinski definition) is 2. The number of nitrogens with one attached hydrogen (secondary N) is 1. The Morgan fingerprint density at radius 2 is 2.11 bits per heavy atom. The second kappa shape index (κ2) is 6.87. The highest BCUT2D eigenvalue weighted by Gasteiger charge is 2.33. The van der Waals surface area contributed by atoms with Gasteiger partial charge in [0.15, 0.2) is 0 Å². The molecule has 0 saturated heterocycles. The highest BCUT2D eigenvalue weighted by molar-refractivity contribution is 7.10. The van der Waals surface area contributed by atoms with E-state index in [-0.39, 0.29) is 6.10 Å². The lowest BCUT2D eigenvalue weighted by Gasteiger charge is -2.31. The standard InChI is InChI=1S/C16H27NOS/c1-13(2)10-16(7-3-4-8-16)12-17-11-14(18)15-6-5-9-19-15/h5-6,9,13-14,17-18H,3-4,7-8,10-12H2,1-2H3. The lowest BCUT2D eigenvalue weighted by atomic mass is 9.78. The van der Waals surface area contributed by atoms with E-state index in [4.69, 9.17) is 0 Å². The van der Waals surface area contributed by atoms with Gasteiger partial charge in [0.2, 0.25) is 0 Å². The van der Waals surface area contributed by atoms with Gasteiger partial charge in [0.1, 0.15) is 6.10 Å². The summed E-state index contributed by atoms with van der Waals surface area (Å²) in [4.78, 5) is 1.07. The Balaban J connectivity index is 1.79. The molecule has 1 unspecified atom stereocenters. The minimum atomic E-state index is -0.350.